The summed E-state index contributed by atoms with van der Waals surface area (Å²) in [6, 6.07) is 0. The van der Waals surface area contributed by atoms with Gasteiger partial charge < -0.3 is 4.74 Å². The highest BCUT2D eigenvalue weighted by Crippen LogP contribution is 1.98. The highest BCUT2D eigenvalue weighted by molar-refractivity contribution is 7.80. The molecule has 60 valence electrons. The number of carbonyl (C=O) groups is 1. The van der Waals surface area contributed by atoms with Crippen molar-refractivity contribution in [1.29, 1.82) is 0 Å². The molecule has 0 saturated heterocycles. The second-order valence-electron chi connectivity index (χ2n) is 1.99. The van der Waals surface area contributed by atoms with Gasteiger partial charge in [0.05, 0.1) is 6.61 Å². The predicted molar refractivity (Wildman–Crippen MR) is 44.3 cm³/mol. The third-order valence-electron chi connectivity index (χ3n) is 1.09. The highest BCUT2D eigenvalue weighted by atomic mass is 32.1. The first-order chi connectivity index (χ1) is 4.81. The molecule has 0 aromatic heterocycles. The fraction of sp³-hybridized carbons (Fsp3) is 0.857. The van der Waals surface area contributed by atoms with Crippen molar-refractivity contribution >= 4 is 18.6 Å². The Bertz CT molecular complexity index is 93.6. The van der Waals surface area contributed by atoms with E-state index < -0.39 is 0 Å². The lowest BCUT2D eigenvalue weighted by molar-refractivity contribution is -0.143. The fourth-order valence-electron chi connectivity index (χ4n) is 0.614. The number of hydrogen-bond acceptors (Lipinski definition) is 3. The molecule has 0 radical (unpaired) electrons. The zero-order chi connectivity index (χ0) is 7.82. The molecule has 0 aromatic rings. The van der Waals surface area contributed by atoms with Crippen LogP contribution in [0.15, 0.2) is 0 Å². The van der Waals surface area contributed by atoms with Gasteiger partial charge in [0.25, 0.3) is 0 Å². The van der Waals surface area contributed by atoms with Gasteiger partial charge >= 0.3 is 5.97 Å². The van der Waals surface area contributed by atoms with Crippen LogP contribution in [0, 0.1) is 0 Å². The number of carbonyl (C=O) groups excluding carboxylic acids is 1. The zero-order valence-corrected chi connectivity index (χ0v) is 7.19. The standard InChI is InChI=1S/C7H14O2S/c1-2-9-7(8)5-3-4-6-10/h10H,2-6H2,1H3. The molecular formula is C7H14O2S. The molecule has 0 aliphatic heterocycles. The van der Waals surface area contributed by atoms with Crippen LogP contribution in [-0.4, -0.2) is 18.3 Å². The normalized spacial score (nSPS) is 9.40. The van der Waals surface area contributed by atoms with E-state index in [1.54, 1.807) is 0 Å². The summed E-state index contributed by atoms with van der Waals surface area (Å²) in [7, 11) is 0. The largest absolute Gasteiger partial charge is 0.466 e. The maximum absolute atomic E-state index is 10.7. The maximum atomic E-state index is 10.7. The maximum Gasteiger partial charge on any atom is 0.305 e. The van der Waals surface area contributed by atoms with Gasteiger partial charge in [-0.15, -0.1) is 0 Å². The first-order valence-electron chi connectivity index (χ1n) is 3.57. The van der Waals surface area contributed by atoms with Crippen LogP contribution in [0.5, 0.6) is 0 Å². The van der Waals surface area contributed by atoms with E-state index in [-0.39, 0.29) is 5.97 Å². The molecule has 0 atom stereocenters. The van der Waals surface area contributed by atoms with Gasteiger partial charge in [-0.3, -0.25) is 4.79 Å². The topological polar surface area (TPSA) is 26.3 Å². The smallest absolute Gasteiger partial charge is 0.305 e. The van der Waals surface area contributed by atoms with Crippen LogP contribution in [0.2, 0.25) is 0 Å². The van der Waals surface area contributed by atoms with E-state index in [1.165, 1.54) is 0 Å². The molecule has 10 heavy (non-hydrogen) atoms. The summed E-state index contributed by atoms with van der Waals surface area (Å²) in [5.41, 5.74) is 0. The Balaban J connectivity index is 3.05. The van der Waals surface area contributed by atoms with Crippen molar-refractivity contribution in [3.8, 4) is 0 Å². The van der Waals surface area contributed by atoms with E-state index in [9.17, 15) is 4.79 Å². The zero-order valence-electron chi connectivity index (χ0n) is 6.30. The predicted octanol–water partition coefficient (Wildman–Crippen LogP) is 1.65. The van der Waals surface area contributed by atoms with Crippen molar-refractivity contribution in [2.45, 2.75) is 26.2 Å². The number of rotatable bonds is 5. The highest BCUT2D eigenvalue weighted by Gasteiger charge is 1.98. The van der Waals surface area contributed by atoms with E-state index in [2.05, 4.69) is 12.6 Å². The molecule has 0 heterocycles. The van der Waals surface area contributed by atoms with Gasteiger partial charge in [-0.1, -0.05) is 0 Å². The van der Waals surface area contributed by atoms with E-state index in [1.807, 2.05) is 6.92 Å². The second-order valence-corrected chi connectivity index (χ2v) is 2.43. The lowest BCUT2D eigenvalue weighted by Gasteiger charge is -1.99. The average Bonchev–Trinajstić information content (AvgIpc) is 1.89. The summed E-state index contributed by atoms with van der Waals surface area (Å²) in [6.07, 6.45) is 2.42. The number of thiol groups is 1. The molecule has 0 N–H and O–H groups in total. The number of unbranched alkanes of at least 4 members (excludes halogenated alkanes) is 1. The Hall–Kier alpha value is -0.180. The van der Waals surface area contributed by atoms with Gasteiger partial charge in [0.1, 0.15) is 0 Å². The summed E-state index contributed by atoms with van der Waals surface area (Å²) in [5.74, 6) is 0.753. The Labute approximate surface area is 67.4 Å². The van der Waals surface area contributed by atoms with Crippen molar-refractivity contribution in [3.63, 3.8) is 0 Å². The van der Waals surface area contributed by atoms with Crippen LogP contribution in [0.1, 0.15) is 26.2 Å². The van der Waals surface area contributed by atoms with Crippen LogP contribution in [0.4, 0.5) is 0 Å². The molecular weight excluding hydrogens is 148 g/mol. The summed E-state index contributed by atoms with van der Waals surface area (Å²) >= 11 is 4.02. The summed E-state index contributed by atoms with van der Waals surface area (Å²) in [5, 5.41) is 0. The third-order valence-corrected chi connectivity index (χ3v) is 1.41. The van der Waals surface area contributed by atoms with Gasteiger partial charge in [-0.05, 0) is 25.5 Å². The Morgan fingerprint density at radius 2 is 2.20 bits per heavy atom. The van der Waals surface area contributed by atoms with Crippen LogP contribution < -0.4 is 0 Å². The Morgan fingerprint density at radius 3 is 2.70 bits per heavy atom. The molecule has 0 amide bonds. The summed E-state index contributed by atoms with van der Waals surface area (Å²) < 4.78 is 4.72. The van der Waals surface area contributed by atoms with Crippen molar-refractivity contribution in [1.82, 2.24) is 0 Å². The van der Waals surface area contributed by atoms with Gasteiger partial charge in [0, 0.05) is 6.42 Å². The van der Waals surface area contributed by atoms with Crippen molar-refractivity contribution < 1.29 is 9.53 Å². The molecule has 0 fully saturated rings. The molecule has 0 aliphatic rings. The number of esters is 1. The SMILES string of the molecule is CCOC(=O)CCCCS. The molecule has 0 spiro atoms. The molecule has 0 aromatic carbocycles. The molecule has 0 unspecified atom stereocenters. The van der Waals surface area contributed by atoms with Crippen LogP contribution >= 0.6 is 12.6 Å². The molecule has 0 rings (SSSR count). The first-order valence-corrected chi connectivity index (χ1v) is 4.21. The quantitative estimate of drug-likeness (QED) is 0.378. The minimum atomic E-state index is -0.0933. The molecule has 3 heteroatoms. The minimum absolute atomic E-state index is 0.0933. The molecule has 2 nitrogen and oxygen atoms in total. The lowest BCUT2D eigenvalue weighted by Crippen LogP contribution is -2.03. The second kappa shape index (κ2) is 6.93. The van der Waals surface area contributed by atoms with Crippen LogP contribution in [0.3, 0.4) is 0 Å². The monoisotopic (exact) mass is 162 g/mol. The average molecular weight is 162 g/mol. The van der Waals surface area contributed by atoms with Crippen molar-refractivity contribution in [2.75, 3.05) is 12.4 Å². The summed E-state index contributed by atoms with van der Waals surface area (Å²) in [6.45, 7) is 2.30. The lowest BCUT2D eigenvalue weighted by atomic mass is 10.2. The molecule has 0 aliphatic carbocycles. The van der Waals surface area contributed by atoms with Crippen molar-refractivity contribution in [2.24, 2.45) is 0 Å². The van der Waals surface area contributed by atoms with E-state index in [4.69, 9.17) is 4.74 Å². The van der Waals surface area contributed by atoms with Crippen LogP contribution in [0.25, 0.3) is 0 Å². The Morgan fingerprint density at radius 1 is 1.50 bits per heavy atom. The fourth-order valence-corrected chi connectivity index (χ4v) is 0.838. The Kier molecular flexibility index (Phi) is 6.81. The molecule has 0 bridgehead atoms. The minimum Gasteiger partial charge on any atom is -0.466 e. The van der Waals surface area contributed by atoms with Gasteiger partial charge in [-0.25, -0.2) is 0 Å². The summed E-state index contributed by atoms with van der Waals surface area (Å²) in [4.78, 5) is 10.7. The van der Waals surface area contributed by atoms with Crippen molar-refractivity contribution in [3.05, 3.63) is 0 Å². The van der Waals surface area contributed by atoms with Crippen LogP contribution in [-0.2, 0) is 9.53 Å². The number of hydrogen-bond donors (Lipinski definition) is 1. The van der Waals surface area contributed by atoms with Gasteiger partial charge in [0.15, 0.2) is 0 Å². The molecule has 0 saturated carbocycles. The van der Waals surface area contributed by atoms with Gasteiger partial charge in [-0.2, -0.15) is 12.6 Å². The number of ether oxygens (including phenoxy) is 1. The van der Waals surface area contributed by atoms with E-state index in [0.717, 1.165) is 18.6 Å². The van der Waals surface area contributed by atoms with Gasteiger partial charge in [0.2, 0.25) is 0 Å². The van der Waals surface area contributed by atoms with E-state index >= 15 is 0 Å². The van der Waals surface area contributed by atoms with E-state index in [0.29, 0.717) is 13.0 Å². The third kappa shape index (κ3) is 5.95. The first kappa shape index (κ1) is 9.82.